The first-order chi connectivity index (χ1) is 12.1. The van der Waals surface area contributed by atoms with E-state index in [1.165, 1.54) is 22.5 Å². The molecular formula is C18H15ClN2O3S. The van der Waals surface area contributed by atoms with Gasteiger partial charge in [-0.25, -0.2) is 0 Å². The van der Waals surface area contributed by atoms with Crippen LogP contribution >= 0.6 is 22.9 Å². The van der Waals surface area contributed by atoms with Gasteiger partial charge in [-0.1, -0.05) is 17.7 Å². The molecule has 2 amide bonds. The van der Waals surface area contributed by atoms with E-state index in [1.807, 2.05) is 17.5 Å². The zero-order chi connectivity index (χ0) is 17.6. The highest BCUT2D eigenvalue weighted by atomic mass is 35.5. The molecule has 0 fully saturated rings. The van der Waals surface area contributed by atoms with Crippen molar-refractivity contribution in [2.45, 2.75) is 13.1 Å². The average Bonchev–Trinajstić information content (AvgIpc) is 3.29. The second-order valence-electron chi connectivity index (χ2n) is 5.28. The van der Waals surface area contributed by atoms with E-state index < -0.39 is 11.8 Å². The lowest BCUT2D eigenvalue weighted by Gasteiger charge is -2.20. The number of carbonyl (C=O) groups excluding carboxylic acids is 2. The molecule has 3 aromatic rings. The third-order valence-electron chi connectivity index (χ3n) is 3.44. The first-order valence-corrected chi connectivity index (χ1v) is 8.78. The Bertz CT molecular complexity index is 794. The van der Waals surface area contributed by atoms with Gasteiger partial charge in [0.1, 0.15) is 5.76 Å². The summed E-state index contributed by atoms with van der Waals surface area (Å²) in [6, 6.07) is 13.9. The van der Waals surface area contributed by atoms with E-state index in [9.17, 15) is 9.59 Å². The van der Waals surface area contributed by atoms with Crippen molar-refractivity contribution in [1.29, 1.82) is 0 Å². The fourth-order valence-corrected chi connectivity index (χ4v) is 3.09. The van der Waals surface area contributed by atoms with Crippen molar-refractivity contribution in [3.8, 4) is 0 Å². The Morgan fingerprint density at radius 1 is 1.08 bits per heavy atom. The van der Waals surface area contributed by atoms with Crippen molar-refractivity contribution in [1.82, 2.24) is 4.90 Å². The van der Waals surface area contributed by atoms with Crippen LogP contribution in [0.25, 0.3) is 0 Å². The second-order valence-corrected chi connectivity index (χ2v) is 6.75. The van der Waals surface area contributed by atoms with Crippen molar-refractivity contribution >= 4 is 40.4 Å². The number of nitrogens with one attached hydrogen (secondary N) is 1. The molecule has 0 atom stereocenters. The average molecular weight is 375 g/mol. The van der Waals surface area contributed by atoms with Crippen LogP contribution in [0.4, 0.5) is 5.69 Å². The normalized spacial score (nSPS) is 10.4. The van der Waals surface area contributed by atoms with Crippen LogP contribution in [-0.4, -0.2) is 16.7 Å². The number of furan rings is 1. The minimum atomic E-state index is -0.703. The largest absolute Gasteiger partial charge is 0.467 e. The van der Waals surface area contributed by atoms with Crippen molar-refractivity contribution in [2.75, 3.05) is 5.32 Å². The summed E-state index contributed by atoms with van der Waals surface area (Å²) in [5.41, 5.74) is 0.511. The van der Waals surface area contributed by atoms with E-state index in [-0.39, 0.29) is 6.54 Å². The molecule has 2 aromatic heterocycles. The lowest BCUT2D eigenvalue weighted by Crippen LogP contribution is -2.38. The molecule has 7 heteroatoms. The number of nitrogens with zero attached hydrogens (tertiary/aromatic N) is 1. The minimum absolute atomic E-state index is 0.220. The summed E-state index contributed by atoms with van der Waals surface area (Å²) in [6.45, 7) is 0.559. The molecule has 0 aliphatic rings. The monoisotopic (exact) mass is 374 g/mol. The number of hydrogen-bond donors (Lipinski definition) is 1. The Morgan fingerprint density at radius 3 is 2.52 bits per heavy atom. The molecule has 128 valence electrons. The number of benzene rings is 1. The van der Waals surface area contributed by atoms with Gasteiger partial charge in [-0.15, -0.1) is 11.3 Å². The maximum Gasteiger partial charge on any atom is 0.313 e. The molecule has 0 saturated heterocycles. The topological polar surface area (TPSA) is 62.6 Å². The molecule has 0 unspecified atom stereocenters. The van der Waals surface area contributed by atoms with E-state index in [1.54, 1.807) is 36.4 Å². The van der Waals surface area contributed by atoms with Gasteiger partial charge in [-0.05, 0) is 47.8 Å². The summed E-state index contributed by atoms with van der Waals surface area (Å²) in [4.78, 5) is 27.4. The molecule has 1 N–H and O–H groups in total. The third-order valence-corrected chi connectivity index (χ3v) is 4.55. The number of halogens is 1. The summed E-state index contributed by atoms with van der Waals surface area (Å²) in [5.74, 6) is -0.714. The maximum atomic E-state index is 12.6. The van der Waals surface area contributed by atoms with Crippen molar-refractivity contribution in [3.05, 3.63) is 75.8 Å². The summed E-state index contributed by atoms with van der Waals surface area (Å²) in [5, 5.41) is 5.08. The fourth-order valence-electron chi connectivity index (χ4n) is 2.24. The predicted molar refractivity (Wildman–Crippen MR) is 97.4 cm³/mol. The van der Waals surface area contributed by atoms with Crippen LogP contribution in [0.15, 0.2) is 64.6 Å². The van der Waals surface area contributed by atoms with Gasteiger partial charge in [-0.3, -0.25) is 9.59 Å². The number of thiophene rings is 1. The van der Waals surface area contributed by atoms with Crippen LogP contribution in [0.5, 0.6) is 0 Å². The Morgan fingerprint density at radius 2 is 1.88 bits per heavy atom. The zero-order valence-electron chi connectivity index (χ0n) is 13.1. The lowest BCUT2D eigenvalue weighted by molar-refractivity contribution is -0.144. The molecule has 0 saturated carbocycles. The van der Waals surface area contributed by atoms with Gasteiger partial charge in [-0.2, -0.15) is 0 Å². The molecule has 0 aliphatic carbocycles. The van der Waals surface area contributed by atoms with Crippen LogP contribution in [0, 0.1) is 0 Å². The van der Waals surface area contributed by atoms with Crippen LogP contribution in [0.1, 0.15) is 10.6 Å². The number of rotatable bonds is 5. The van der Waals surface area contributed by atoms with Gasteiger partial charge in [0.25, 0.3) is 0 Å². The molecule has 0 aliphatic heterocycles. The Hall–Kier alpha value is -2.57. The Labute approximate surface area is 153 Å². The van der Waals surface area contributed by atoms with Gasteiger partial charge >= 0.3 is 11.8 Å². The third kappa shape index (κ3) is 4.71. The molecule has 1 aromatic carbocycles. The zero-order valence-corrected chi connectivity index (χ0v) is 14.7. The van der Waals surface area contributed by atoms with Crippen LogP contribution in [0.3, 0.4) is 0 Å². The highest BCUT2D eigenvalue weighted by Gasteiger charge is 2.23. The standard InChI is InChI=1S/C18H15ClN2O3S/c19-13-5-7-14(8-6-13)20-17(22)18(23)21(11-15-3-1-9-24-15)12-16-4-2-10-25-16/h1-10H,11-12H2,(H,20,22). The molecular weight excluding hydrogens is 360 g/mol. The predicted octanol–water partition coefficient (Wildman–Crippen LogP) is 4.16. The number of anilines is 1. The van der Waals surface area contributed by atoms with Crippen LogP contribution in [-0.2, 0) is 22.7 Å². The van der Waals surface area contributed by atoms with Crippen LogP contribution in [0.2, 0.25) is 5.02 Å². The minimum Gasteiger partial charge on any atom is -0.467 e. The summed E-state index contributed by atoms with van der Waals surface area (Å²) >= 11 is 7.35. The Balaban J connectivity index is 1.72. The first-order valence-electron chi connectivity index (χ1n) is 7.52. The summed E-state index contributed by atoms with van der Waals surface area (Å²) in [7, 11) is 0. The van der Waals surface area contributed by atoms with Gasteiger partial charge in [0.05, 0.1) is 19.4 Å². The molecule has 5 nitrogen and oxygen atoms in total. The van der Waals surface area contributed by atoms with Crippen LogP contribution < -0.4 is 5.32 Å². The molecule has 0 radical (unpaired) electrons. The van der Waals surface area contributed by atoms with Crippen molar-refractivity contribution in [3.63, 3.8) is 0 Å². The van der Waals surface area contributed by atoms with E-state index in [0.29, 0.717) is 23.0 Å². The molecule has 2 heterocycles. The fraction of sp³-hybridized carbons (Fsp3) is 0.111. The smallest absolute Gasteiger partial charge is 0.313 e. The van der Waals surface area contributed by atoms with Crippen molar-refractivity contribution in [2.24, 2.45) is 0 Å². The highest BCUT2D eigenvalue weighted by Crippen LogP contribution is 2.17. The van der Waals surface area contributed by atoms with E-state index in [0.717, 1.165) is 4.88 Å². The molecule has 25 heavy (non-hydrogen) atoms. The maximum absolute atomic E-state index is 12.6. The van der Waals surface area contributed by atoms with E-state index in [4.69, 9.17) is 16.0 Å². The number of amides is 2. The van der Waals surface area contributed by atoms with E-state index in [2.05, 4.69) is 5.32 Å². The number of carbonyl (C=O) groups is 2. The molecule has 3 rings (SSSR count). The lowest BCUT2D eigenvalue weighted by atomic mass is 10.3. The highest BCUT2D eigenvalue weighted by molar-refractivity contribution is 7.09. The van der Waals surface area contributed by atoms with Gasteiger partial charge in [0.2, 0.25) is 0 Å². The summed E-state index contributed by atoms with van der Waals surface area (Å²) < 4.78 is 5.31. The van der Waals surface area contributed by atoms with Crippen molar-refractivity contribution < 1.29 is 14.0 Å². The summed E-state index contributed by atoms with van der Waals surface area (Å²) in [6.07, 6.45) is 1.54. The quantitative estimate of drug-likeness (QED) is 0.682. The SMILES string of the molecule is O=C(Nc1ccc(Cl)cc1)C(=O)N(Cc1ccco1)Cc1cccs1. The van der Waals surface area contributed by atoms with Gasteiger partial charge < -0.3 is 14.6 Å². The molecule has 0 bridgehead atoms. The van der Waals surface area contributed by atoms with E-state index >= 15 is 0 Å². The Kier molecular flexibility index (Phi) is 5.53. The number of hydrogen-bond acceptors (Lipinski definition) is 4. The molecule has 0 spiro atoms. The second kappa shape index (κ2) is 8.00. The first kappa shape index (κ1) is 17.3. The van der Waals surface area contributed by atoms with Gasteiger partial charge in [0, 0.05) is 15.6 Å². The van der Waals surface area contributed by atoms with Gasteiger partial charge in [0.15, 0.2) is 0 Å².